The van der Waals surface area contributed by atoms with E-state index < -0.39 is 6.09 Å². The number of anilines is 1. The molecule has 24 heavy (non-hydrogen) atoms. The molecule has 0 spiro atoms. The van der Waals surface area contributed by atoms with E-state index in [1.807, 2.05) is 0 Å². The third-order valence-electron chi connectivity index (χ3n) is 3.68. The Hall–Kier alpha value is -2.19. The van der Waals surface area contributed by atoms with Gasteiger partial charge in [0.25, 0.3) is 0 Å². The Morgan fingerprint density at radius 2 is 2.21 bits per heavy atom. The van der Waals surface area contributed by atoms with Crippen molar-refractivity contribution in [3.63, 3.8) is 0 Å². The number of Topliss-reactive ketones (excluding diaryl/α,β-unsaturated/α-hetero) is 1. The highest BCUT2D eigenvalue weighted by Gasteiger charge is 2.29. The van der Waals surface area contributed by atoms with Gasteiger partial charge in [-0.1, -0.05) is 11.3 Å². The molecule has 3 heterocycles. The molecule has 1 fully saturated rings. The fourth-order valence-corrected chi connectivity index (χ4v) is 3.50. The van der Waals surface area contributed by atoms with Crippen LogP contribution in [0.4, 0.5) is 9.93 Å². The fourth-order valence-electron chi connectivity index (χ4n) is 2.52. The Morgan fingerprint density at radius 1 is 1.42 bits per heavy atom. The number of hydrogen-bond acceptors (Lipinski definition) is 7. The monoisotopic (exact) mass is 350 g/mol. The first-order chi connectivity index (χ1) is 11.7. The van der Waals surface area contributed by atoms with Gasteiger partial charge in [0.15, 0.2) is 16.7 Å². The van der Waals surface area contributed by atoms with Crippen LogP contribution in [-0.2, 0) is 9.47 Å². The van der Waals surface area contributed by atoms with Crippen LogP contribution in [0.2, 0.25) is 0 Å². The molecule has 128 valence electrons. The van der Waals surface area contributed by atoms with Crippen LogP contribution in [0.5, 0.6) is 0 Å². The molecule has 0 bridgehead atoms. The number of nitrogens with zero attached hydrogens (tertiary/aromatic N) is 1. The quantitative estimate of drug-likeness (QED) is 0.829. The van der Waals surface area contributed by atoms with Crippen LogP contribution in [0, 0.1) is 5.92 Å². The lowest BCUT2D eigenvalue weighted by Crippen LogP contribution is -2.23. The maximum absolute atomic E-state index is 12.9. The molecule has 2 aromatic rings. The van der Waals surface area contributed by atoms with E-state index in [4.69, 9.17) is 13.9 Å². The van der Waals surface area contributed by atoms with E-state index in [1.54, 1.807) is 19.1 Å². The summed E-state index contributed by atoms with van der Waals surface area (Å²) in [5, 5.41) is 2.87. The molecule has 8 heteroatoms. The van der Waals surface area contributed by atoms with Crippen LogP contribution in [0.1, 0.15) is 29.4 Å². The fraction of sp³-hybridized carbons (Fsp3) is 0.438. The van der Waals surface area contributed by atoms with Crippen molar-refractivity contribution in [3.05, 3.63) is 23.3 Å². The highest BCUT2D eigenvalue weighted by atomic mass is 32.1. The van der Waals surface area contributed by atoms with Crippen LogP contribution >= 0.6 is 11.3 Å². The number of furan rings is 1. The molecule has 0 saturated carbocycles. The number of thiazole rings is 1. The SMILES string of the molecule is CCOC(=O)Nc1nc(-c2ccco2)c(C(=O)C2CCOCC2)s1. The summed E-state index contributed by atoms with van der Waals surface area (Å²) in [6, 6.07) is 3.47. The average Bonchev–Trinajstić information content (AvgIpc) is 3.24. The second-order valence-electron chi connectivity index (χ2n) is 5.27. The number of rotatable bonds is 5. The van der Waals surface area contributed by atoms with Crippen molar-refractivity contribution in [1.82, 2.24) is 4.98 Å². The molecule has 3 rings (SSSR count). The van der Waals surface area contributed by atoms with E-state index in [-0.39, 0.29) is 18.3 Å². The number of carbonyl (C=O) groups excluding carboxylic acids is 2. The molecule has 1 aliphatic heterocycles. The van der Waals surface area contributed by atoms with Crippen LogP contribution in [0.25, 0.3) is 11.5 Å². The lowest BCUT2D eigenvalue weighted by Gasteiger charge is -2.20. The molecule has 0 radical (unpaired) electrons. The summed E-state index contributed by atoms with van der Waals surface area (Å²) in [7, 11) is 0. The second kappa shape index (κ2) is 7.59. The van der Waals surface area contributed by atoms with Crippen LogP contribution in [0.15, 0.2) is 22.8 Å². The van der Waals surface area contributed by atoms with Crippen molar-refractivity contribution < 1.29 is 23.5 Å². The van der Waals surface area contributed by atoms with Crippen molar-refractivity contribution in [1.29, 1.82) is 0 Å². The molecule has 1 N–H and O–H groups in total. The van der Waals surface area contributed by atoms with E-state index in [0.29, 0.717) is 47.5 Å². The smallest absolute Gasteiger partial charge is 0.413 e. The molecule has 0 unspecified atom stereocenters. The van der Waals surface area contributed by atoms with E-state index in [1.165, 1.54) is 6.26 Å². The Bertz CT molecular complexity index is 704. The van der Waals surface area contributed by atoms with Gasteiger partial charge in [0.05, 0.1) is 12.9 Å². The minimum Gasteiger partial charge on any atom is -0.463 e. The summed E-state index contributed by atoms with van der Waals surface area (Å²) >= 11 is 1.14. The maximum Gasteiger partial charge on any atom is 0.413 e. The highest BCUT2D eigenvalue weighted by Crippen LogP contribution is 2.35. The molecule has 1 aliphatic rings. The summed E-state index contributed by atoms with van der Waals surface area (Å²) in [6.45, 7) is 3.14. The standard InChI is InChI=1S/C16H18N2O5S/c1-2-22-16(20)18-15-17-12(11-4-3-7-23-11)14(24-15)13(19)10-5-8-21-9-6-10/h3-4,7,10H,2,5-6,8-9H2,1H3,(H,17,18,20). The largest absolute Gasteiger partial charge is 0.463 e. The molecule has 1 saturated heterocycles. The van der Waals surface area contributed by atoms with Crippen molar-refractivity contribution >= 4 is 28.3 Å². The van der Waals surface area contributed by atoms with Gasteiger partial charge in [-0.15, -0.1) is 0 Å². The molecule has 2 aromatic heterocycles. The summed E-state index contributed by atoms with van der Waals surface area (Å²) in [5.74, 6) is 0.418. The van der Waals surface area contributed by atoms with Gasteiger partial charge >= 0.3 is 6.09 Å². The number of ketones is 1. The normalized spacial score (nSPS) is 15.2. The first-order valence-electron chi connectivity index (χ1n) is 7.79. The van der Waals surface area contributed by atoms with Crippen molar-refractivity contribution in [2.75, 3.05) is 25.1 Å². The molecular formula is C16H18N2O5S. The van der Waals surface area contributed by atoms with Crippen LogP contribution in [0.3, 0.4) is 0 Å². The van der Waals surface area contributed by atoms with Gasteiger partial charge in [-0.25, -0.2) is 9.78 Å². The van der Waals surface area contributed by atoms with Crippen LogP contribution in [-0.4, -0.2) is 36.7 Å². The van der Waals surface area contributed by atoms with Gasteiger partial charge in [0.1, 0.15) is 10.6 Å². The van der Waals surface area contributed by atoms with Crippen molar-refractivity contribution in [2.45, 2.75) is 19.8 Å². The predicted molar refractivity (Wildman–Crippen MR) is 88.3 cm³/mol. The first kappa shape index (κ1) is 16.7. The molecule has 0 atom stereocenters. The Labute approximate surface area is 143 Å². The number of amides is 1. The average molecular weight is 350 g/mol. The number of aromatic nitrogens is 1. The second-order valence-corrected chi connectivity index (χ2v) is 6.27. The topological polar surface area (TPSA) is 90.7 Å². The minimum absolute atomic E-state index is 0.0131. The molecule has 0 aliphatic carbocycles. The number of ether oxygens (including phenoxy) is 2. The maximum atomic E-state index is 12.9. The zero-order chi connectivity index (χ0) is 16.9. The lowest BCUT2D eigenvalue weighted by atomic mass is 9.94. The van der Waals surface area contributed by atoms with Gasteiger partial charge in [-0.2, -0.15) is 0 Å². The van der Waals surface area contributed by atoms with E-state index in [9.17, 15) is 9.59 Å². The summed E-state index contributed by atoms with van der Waals surface area (Å²) in [6.07, 6.45) is 2.31. The zero-order valence-corrected chi connectivity index (χ0v) is 14.1. The van der Waals surface area contributed by atoms with E-state index >= 15 is 0 Å². The van der Waals surface area contributed by atoms with E-state index in [2.05, 4.69) is 10.3 Å². The van der Waals surface area contributed by atoms with E-state index in [0.717, 1.165) is 11.3 Å². The summed E-state index contributed by atoms with van der Waals surface area (Å²) < 4.78 is 15.6. The third kappa shape index (κ3) is 3.65. The minimum atomic E-state index is -0.595. The van der Waals surface area contributed by atoms with Gasteiger partial charge < -0.3 is 13.9 Å². The molecular weight excluding hydrogens is 332 g/mol. The third-order valence-corrected chi connectivity index (χ3v) is 4.67. The molecule has 1 amide bonds. The Balaban J connectivity index is 1.89. The van der Waals surface area contributed by atoms with Crippen molar-refractivity contribution in [3.8, 4) is 11.5 Å². The molecule has 7 nitrogen and oxygen atoms in total. The lowest BCUT2D eigenvalue weighted by molar-refractivity contribution is 0.0547. The Morgan fingerprint density at radius 3 is 2.88 bits per heavy atom. The van der Waals surface area contributed by atoms with Gasteiger partial charge in [-0.3, -0.25) is 10.1 Å². The summed E-state index contributed by atoms with van der Waals surface area (Å²) in [5.41, 5.74) is 0.452. The Kier molecular flexibility index (Phi) is 5.27. The van der Waals surface area contributed by atoms with Gasteiger partial charge in [-0.05, 0) is 31.9 Å². The number of hydrogen-bond donors (Lipinski definition) is 1. The first-order valence-corrected chi connectivity index (χ1v) is 8.61. The van der Waals surface area contributed by atoms with Crippen molar-refractivity contribution in [2.24, 2.45) is 5.92 Å². The predicted octanol–water partition coefficient (Wildman–Crippen LogP) is 3.58. The van der Waals surface area contributed by atoms with Gasteiger partial charge in [0, 0.05) is 19.1 Å². The van der Waals surface area contributed by atoms with Gasteiger partial charge in [0.2, 0.25) is 0 Å². The molecule has 0 aromatic carbocycles. The zero-order valence-electron chi connectivity index (χ0n) is 13.2. The number of carbonyl (C=O) groups is 2. The summed E-state index contributed by atoms with van der Waals surface area (Å²) in [4.78, 5) is 29.3. The highest BCUT2D eigenvalue weighted by molar-refractivity contribution is 7.18. The number of nitrogens with one attached hydrogen (secondary N) is 1. The van der Waals surface area contributed by atoms with Crippen LogP contribution < -0.4 is 5.32 Å².